The van der Waals surface area contributed by atoms with Crippen molar-refractivity contribution in [2.24, 2.45) is 0 Å². The van der Waals surface area contributed by atoms with Crippen molar-refractivity contribution < 1.29 is 19.1 Å². The molecule has 32 heavy (non-hydrogen) atoms. The van der Waals surface area contributed by atoms with E-state index in [1.807, 2.05) is 19.9 Å². The first-order valence-corrected chi connectivity index (χ1v) is 11.2. The van der Waals surface area contributed by atoms with Gasteiger partial charge in [-0.15, -0.1) is 11.3 Å². The number of aromatic amines is 1. The summed E-state index contributed by atoms with van der Waals surface area (Å²) in [6.45, 7) is 5.86. The van der Waals surface area contributed by atoms with Crippen LogP contribution >= 0.6 is 11.3 Å². The zero-order chi connectivity index (χ0) is 23.3. The van der Waals surface area contributed by atoms with Crippen molar-refractivity contribution in [3.8, 4) is 5.75 Å². The topological polar surface area (TPSA) is 110 Å². The lowest BCUT2D eigenvalue weighted by molar-refractivity contribution is -0.143. The highest BCUT2D eigenvalue weighted by Gasteiger charge is 2.20. The number of amides is 1. The van der Waals surface area contributed by atoms with Crippen LogP contribution in [0.4, 0.5) is 0 Å². The third-order valence-electron chi connectivity index (χ3n) is 5.18. The number of thiophene rings is 1. The van der Waals surface area contributed by atoms with Crippen molar-refractivity contribution in [2.75, 3.05) is 13.7 Å². The molecule has 2 N–H and O–H groups in total. The maximum atomic E-state index is 12.7. The van der Waals surface area contributed by atoms with Crippen LogP contribution in [0.25, 0.3) is 10.2 Å². The van der Waals surface area contributed by atoms with Gasteiger partial charge in [-0.2, -0.15) is 0 Å². The van der Waals surface area contributed by atoms with E-state index < -0.39 is 12.0 Å². The molecule has 3 aromatic rings. The number of carbonyl (C=O) groups is 2. The normalized spacial score (nSPS) is 11.9. The summed E-state index contributed by atoms with van der Waals surface area (Å²) in [5.74, 6) is 0.424. The van der Waals surface area contributed by atoms with Crippen LogP contribution in [0.1, 0.15) is 47.6 Å². The van der Waals surface area contributed by atoms with Crippen LogP contribution in [0, 0.1) is 13.8 Å². The summed E-state index contributed by atoms with van der Waals surface area (Å²) in [5, 5.41) is 3.50. The average molecular weight is 458 g/mol. The Morgan fingerprint density at radius 2 is 2.06 bits per heavy atom. The van der Waals surface area contributed by atoms with Crippen LogP contribution in [-0.2, 0) is 20.7 Å². The average Bonchev–Trinajstić information content (AvgIpc) is 3.05. The van der Waals surface area contributed by atoms with Gasteiger partial charge < -0.3 is 19.8 Å². The molecule has 1 aromatic carbocycles. The Bertz CT molecular complexity index is 1180. The highest BCUT2D eigenvalue weighted by molar-refractivity contribution is 7.18. The van der Waals surface area contributed by atoms with Crippen LogP contribution in [-0.4, -0.2) is 35.6 Å². The van der Waals surface area contributed by atoms with E-state index in [0.717, 1.165) is 16.0 Å². The molecule has 0 saturated heterocycles. The SMILES string of the molecule is CCOC(=O)CC(NC(=O)CCc1nc2sc(C)c(C)c2c(=O)[nH]1)c1cccc(OC)c1. The molecule has 0 aliphatic heterocycles. The summed E-state index contributed by atoms with van der Waals surface area (Å²) < 4.78 is 10.3. The Balaban J connectivity index is 1.72. The van der Waals surface area contributed by atoms with Gasteiger partial charge in [-0.05, 0) is 44.0 Å². The second kappa shape index (κ2) is 10.4. The Hall–Kier alpha value is -3.20. The lowest BCUT2D eigenvalue weighted by Gasteiger charge is -2.19. The van der Waals surface area contributed by atoms with Gasteiger partial charge in [0.15, 0.2) is 0 Å². The second-order valence-electron chi connectivity index (χ2n) is 7.38. The molecule has 170 valence electrons. The van der Waals surface area contributed by atoms with E-state index >= 15 is 0 Å². The van der Waals surface area contributed by atoms with Gasteiger partial charge in [0.2, 0.25) is 5.91 Å². The molecule has 3 rings (SSSR count). The maximum absolute atomic E-state index is 12.7. The summed E-state index contributed by atoms with van der Waals surface area (Å²) in [6, 6.07) is 6.63. The number of nitrogens with zero attached hydrogens (tertiary/aromatic N) is 1. The van der Waals surface area contributed by atoms with E-state index in [9.17, 15) is 14.4 Å². The van der Waals surface area contributed by atoms with Gasteiger partial charge in [0.25, 0.3) is 5.56 Å². The number of carbonyl (C=O) groups excluding carboxylic acids is 2. The van der Waals surface area contributed by atoms with Crippen molar-refractivity contribution in [1.82, 2.24) is 15.3 Å². The smallest absolute Gasteiger partial charge is 0.308 e. The summed E-state index contributed by atoms with van der Waals surface area (Å²) in [4.78, 5) is 46.2. The lowest BCUT2D eigenvalue weighted by atomic mass is 10.0. The Morgan fingerprint density at radius 3 is 2.78 bits per heavy atom. The molecule has 0 fully saturated rings. The largest absolute Gasteiger partial charge is 0.497 e. The zero-order valence-corrected chi connectivity index (χ0v) is 19.4. The number of nitrogens with one attached hydrogen (secondary N) is 2. The van der Waals surface area contributed by atoms with E-state index in [4.69, 9.17) is 9.47 Å². The van der Waals surface area contributed by atoms with E-state index in [2.05, 4.69) is 15.3 Å². The highest BCUT2D eigenvalue weighted by atomic mass is 32.1. The number of aromatic nitrogens is 2. The molecule has 0 bridgehead atoms. The number of aryl methyl sites for hydroxylation is 3. The first-order valence-electron chi connectivity index (χ1n) is 10.4. The molecular formula is C23H27N3O5S. The second-order valence-corrected chi connectivity index (χ2v) is 8.59. The number of benzene rings is 1. The van der Waals surface area contributed by atoms with Crippen LogP contribution in [0.15, 0.2) is 29.1 Å². The number of rotatable bonds is 9. The van der Waals surface area contributed by atoms with Crippen molar-refractivity contribution in [3.05, 3.63) is 56.4 Å². The van der Waals surface area contributed by atoms with Crippen molar-refractivity contribution in [1.29, 1.82) is 0 Å². The van der Waals surface area contributed by atoms with Crippen LogP contribution < -0.4 is 15.6 Å². The highest BCUT2D eigenvalue weighted by Crippen LogP contribution is 2.26. The molecule has 0 aliphatic rings. The number of fused-ring (bicyclic) bond motifs is 1. The molecule has 2 aromatic heterocycles. The molecule has 9 heteroatoms. The lowest BCUT2D eigenvalue weighted by Crippen LogP contribution is -2.31. The van der Waals surface area contributed by atoms with Gasteiger partial charge >= 0.3 is 5.97 Å². The predicted octanol–water partition coefficient (Wildman–Crippen LogP) is 3.35. The van der Waals surface area contributed by atoms with Crippen molar-refractivity contribution in [3.63, 3.8) is 0 Å². The Labute approximate surface area is 190 Å². The summed E-state index contributed by atoms with van der Waals surface area (Å²) >= 11 is 1.47. The zero-order valence-electron chi connectivity index (χ0n) is 18.6. The number of H-pyrrole nitrogens is 1. The molecular weight excluding hydrogens is 430 g/mol. The summed E-state index contributed by atoms with van der Waals surface area (Å²) in [7, 11) is 1.55. The molecule has 0 aliphatic carbocycles. The maximum Gasteiger partial charge on any atom is 0.308 e. The third-order valence-corrected chi connectivity index (χ3v) is 6.29. The summed E-state index contributed by atoms with van der Waals surface area (Å²) in [5.41, 5.74) is 1.48. The molecule has 0 spiro atoms. The Morgan fingerprint density at radius 1 is 1.28 bits per heavy atom. The molecule has 1 atom stereocenters. The molecule has 0 saturated carbocycles. The third kappa shape index (κ3) is 5.53. The van der Waals surface area contributed by atoms with Crippen molar-refractivity contribution >= 4 is 33.4 Å². The fraction of sp³-hybridized carbons (Fsp3) is 0.391. The van der Waals surface area contributed by atoms with Crippen LogP contribution in [0.5, 0.6) is 5.75 Å². The van der Waals surface area contributed by atoms with Gasteiger partial charge in [-0.3, -0.25) is 14.4 Å². The minimum atomic E-state index is -0.561. The first kappa shape index (κ1) is 23.5. The quantitative estimate of drug-likeness (QED) is 0.477. The monoisotopic (exact) mass is 457 g/mol. The van der Waals surface area contributed by atoms with Gasteiger partial charge in [-0.25, -0.2) is 4.98 Å². The van der Waals surface area contributed by atoms with E-state index in [1.165, 1.54) is 11.3 Å². The molecule has 8 nitrogen and oxygen atoms in total. The number of methoxy groups -OCH3 is 1. The van der Waals surface area contributed by atoms with Crippen molar-refractivity contribution in [2.45, 2.75) is 46.1 Å². The number of esters is 1. The van der Waals surface area contributed by atoms with E-state index in [-0.39, 0.29) is 37.3 Å². The van der Waals surface area contributed by atoms with Gasteiger partial charge in [-0.1, -0.05) is 12.1 Å². The number of hydrogen-bond donors (Lipinski definition) is 2. The first-order chi connectivity index (χ1) is 15.3. The fourth-order valence-electron chi connectivity index (χ4n) is 3.41. The number of ether oxygens (including phenoxy) is 2. The van der Waals surface area contributed by atoms with Gasteiger partial charge in [0.1, 0.15) is 16.4 Å². The minimum absolute atomic E-state index is 0.00153. The molecule has 0 radical (unpaired) electrons. The molecule has 2 heterocycles. The van der Waals surface area contributed by atoms with E-state index in [1.54, 1.807) is 32.2 Å². The fourth-order valence-corrected chi connectivity index (χ4v) is 4.46. The minimum Gasteiger partial charge on any atom is -0.497 e. The summed E-state index contributed by atoms with van der Waals surface area (Å²) in [6.07, 6.45) is 0.389. The Kier molecular flexibility index (Phi) is 7.63. The van der Waals surface area contributed by atoms with Crippen LogP contribution in [0.3, 0.4) is 0 Å². The van der Waals surface area contributed by atoms with E-state index in [0.29, 0.717) is 21.8 Å². The molecule has 1 unspecified atom stereocenters. The van der Waals surface area contributed by atoms with Gasteiger partial charge in [0, 0.05) is 17.7 Å². The number of hydrogen-bond acceptors (Lipinski definition) is 7. The van der Waals surface area contributed by atoms with Gasteiger partial charge in [0.05, 0.1) is 31.6 Å². The standard InChI is InChI=1S/C23H27N3O5S/c1-5-31-20(28)12-17(15-7-6-8-16(11-15)30-4)24-19(27)10-9-18-25-22(29)21-13(2)14(3)32-23(21)26-18/h6-8,11,17H,5,9-10,12H2,1-4H3,(H,24,27)(H,25,26,29). The molecule has 1 amide bonds. The predicted molar refractivity (Wildman–Crippen MR) is 123 cm³/mol. The van der Waals surface area contributed by atoms with Crippen LogP contribution in [0.2, 0.25) is 0 Å².